The van der Waals surface area contributed by atoms with Gasteiger partial charge < -0.3 is 14.8 Å². The molecule has 0 radical (unpaired) electrons. The first-order chi connectivity index (χ1) is 10.2. The van der Waals surface area contributed by atoms with Crippen LogP contribution in [0, 0.1) is 0 Å². The summed E-state index contributed by atoms with van der Waals surface area (Å²) in [6.07, 6.45) is 7.62. The van der Waals surface area contributed by atoms with Gasteiger partial charge in [0.2, 0.25) is 0 Å². The van der Waals surface area contributed by atoms with E-state index in [1.165, 1.54) is 32.1 Å². The number of hydrogen-bond acceptors (Lipinski definition) is 3. The van der Waals surface area contributed by atoms with Gasteiger partial charge in [-0.15, -0.1) is 0 Å². The van der Waals surface area contributed by atoms with Gasteiger partial charge >= 0.3 is 0 Å². The predicted octanol–water partition coefficient (Wildman–Crippen LogP) is 3.93. The third-order valence-electron chi connectivity index (χ3n) is 4.71. The maximum atomic E-state index is 6.29. The van der Waals surface area contributed by atoms with E-state index in [4.69, 9.17) is 21.1 Å². The van der Waals surface area contributed by atoms with E-state index in [0.29, 0.717) is 13.2 Å². The summed E-state index contributed by atoms with van der Waals surface area (Å²) in [5.41, 5.74) is 1.20. The largest absolute Gasteiger partial charge is 0.490 e. The minimum absolute atomic E-state index is 0.177. The number of halogens is 1. The Bertz CT molecular complexity index is 486. The number of nitrogens with one attached hydrogen (secondary N) is 1. The van der Waals surface area contributed by atoms with Crippen molar-refractivity contribution in [1.82, 2.24) is 5.32 Å². The maximum Gasteiger partial charge on any atom is 0.125 e. The molecule has 1 aromatic rings. The fourth-order valence-corrected chi connectivity index (χ4v) is 3.84. The SMILES string of the molecule is CNCc1c(Cl)cccc1OCC1CCC2(CCCC2)O1. The normalized spacial score (nSPS) is 23.8. The second-order valence-corrected chi connectivity index (χ2v) is 6.63. The van der Waals surface area contributed by atoms with Gasteiger partial charge in [-0.3, -0.25) is 0 Å². The van der Waals surface area contributed by atoms with Crippen LogP contribution in [-0.2, 0) is 11.3 Å². The molecule has 1 spiro atoms. The van der Waals surface area contributed by atoms with Crippen molar-refractivity contribution in [2.45, 2.75) is 56.8 Å². The topological polar surface area (TPSA) is 30.5 Å². The average molecular weight is 310 g/mol. The second kappa shape index (κ2) is 6.55. The van der Waals surface area contributed by atoms with Crippen LogP contribution in [0.2, 0.25) is 5.02 Å². The molecule has 1 saturated heterocycles. The highest BCUT2D eigenvalue weighted by atomic mass is 35.5. The minimum atomic E-state index is 0.177. The highest BCUT2D eigenvalue weighted by molar-refractivity contribution is 6.31. The van der Waals surface area contributed by atoms with Crippen LogP contribution in [0.5, 0.6) is 5.75 Å². The molecule has 4 heteroatoms. The van der Waals surface area contributed by atoms with Gasteiger partial charge in [-0.25, -0.2) is 0 Å². The van der Waals surface area contributed by atoms with E-state index < -0.39 is 0 Å². The number of benzene rings is 1. The summed E-state index contributed by atoms with van der Waals surface area (Å²) >= 11 is 6.25. The third kappa shape index (κ3) is 3.36. The van der Waals surface area contributed by atoms with Crippen LogP contribution in [0.4, 0.5) is 0 Å². The lowest BCUT2D eigenvalue weighted by atomic mass is 9.98. The van der Waals surface area contributed by atoms with Gasteiger partial charge in [-0.1, -0.05) is 30.5 Å². The standard InChI is InChI=1S/C17H24ClNO2/c1-19-11-14-15(18)5-4-6-16(14)20-12-13-7-10-17(21-13)8-2-3-9-17/h4-6,13,19H,2-3,7-12H2,1H3. The first-order valence-corrected chi connectivity index (χ1v) is 8.33. The zero-order chi connectivity index (χ0) is 14.7. The molecule has 1 unspecified atom stereocenters. The van der Waals surface area contributed by atoms with Gasteiger partial charge in [-0.05, 0) is 44.9 Å². The molecular weight excluding hydrogens is 286 g/mol. The molecule has 3 rings (SSSR count). The number of ether oxygens (including phenoxy) is 2. The van der Waals surface area contributed by atoms with Gasteiger partial charge in [0.1, 0.15) is 12.4 Å². The Morgan fingerprint density at radius 1 is 1.33 bits per heavy atom. The lowest BCUT2D eigenvalue weighted by Gasteiger charge is -2.24. The van der Waals surface area contributed by atoms with Crippen molar-refractivity contribution < 1.29 is 9.47 Å². The van der Waals surface area contributed by atoms with Crippen molar-refractivity contribution in [3.8, 4) is 5.75 Å². The molecule has 2 fully saturated rings. The van der Waals surface area contributed by atoms with Crippen LogP contribution < -0.4 is 10.1 Å². The van der Waals surface area contributed by atoms with E-state index >= 15 is 0 Å². The molecule has 1 N–H and O–H groups in total. The summed E-state index contributed by atoms with van der Waals surface area (Å²) in [5, 5.41) is 3.89. The summed E-state index contributed by atoms with van der Waals surface area (Å²) in [4.78, 5) is 0. The summed E-state index contributed by atoms with van der Waals surface area (Å²) in [7, 11) is 1.91. The first-order valence-electron chi connectivity index (χ1n) is 7.95. The van der Waals surface area contributed by atoms with Crippen LogP contribution in [0.15, 0.2) is 18.2 Å². The van der Waals surface area contributed by atoms with E-state index in [0.717, 1.165) is 22.8 Å². The van der Waals surface area contributed by atoms with Crippen molar-refractivity contribution in [3.05, 3.63) is 28.8 Å². The van der Waals surface area contributed by atoms with Gasteiger partial charge in [0, 0.05) is 17.1 Å². The highest BCUT2D eigenvalue weighted by Crippen LogP contribution is 2.43. The van der Waals surface area contributed by atoms with Crippen LogP contribution >= 0.6 is 11.6 Å². The monoisotopic (exact) mass is 309 g/mol. The van der Waals surface area contributed by atoms with Crippen LogP contribution in [0.25, 0.3) is 0 Å². The Morgan fingerprint density at radius 2 is 2.14 bits per heavy atom. The lowest BCUT2D eigenvalue weighted by Crippen LogP contribution is -2.27. The van der Waals surface area contributed by atoms with E-state index in [1.54, 1.807) is 0 Å². The fourth-order valence-electron chi connectivity index (χ4n) is 3.61. The predicted molar refractivity (Wildman–Crippen MR) is 85.0 cm³/mol. The molecule has 1 saturated carbocycles. The first kappa shape index (κ1) is 15.1. The molecular formula is C17H24ClNO2. The van der Waals surface area contributed by atoms with E-state index in [2.05, 4.69) is 5.32 Å². The quantitative estimate of drug-likeness (QED) is 0.894. The van der Waals surface area contributed by atoms with Gasteiger partial charge in [0.15, 0.2) is 0 Å². The Labute approximate surface area is 132 Å². The lowest BCUT2D eigenvalue weighted by molar-refractivity contribution is -0.0509. The van der Waals surface area contributed by atoms with Crippen LogP contribution in [0.1, 0.15) is 44.1 Å². The van der Waals surface area contributed by atoms with Gasteiger partial charge in [0.25, 0.3) is 0 Å². The molecule has 1 heterocycles. The number of rotatable bonds is 5. The van der Waals surface area contributed by atoms with Crippen molar-refractivity contribution in [2.75, 3.05) is 13.7 Å². The molecule has 0 amide bonds. The molecule has 1 atom stereocenters. The van der Waals surface area contributed by atoms with Crippen LogP contribution in [-0.4, -0.2) is 25.4 Å². The molecule has 0 bridgehead atoms. The average Bonchev–Trinajstić information content (AvgIpc) is 3.10. The molecule has 0 aromatic heterocycles. The van der Waals surface area contributed by atoms with Crippen molar-refractivity contribution in [3.63, 3.8) is 0 Å². The zero-order valence-corrected chi connectivity index (χ0v) is 13.4. The van der Waals surface area contributed by atoms with Crippen molar-refractivity contribution in [2.24, 2.45) is 0 Å². The maximum absolute atomic E-state index is 6.29. The second-order valence-electron chi connectivity index (χ2n) is 6.23. The Kier molecular flexibility index (Phi) is 4.72. The van der Waals surface area contributed by atoms with Crippen LogP contribution in [0.3, 0.4) is 0 Å². The fraction of sp³-hybridized carbons (Fsp3) is 0.647. The smallest absolute Gasteiger partial charge is 0.125 e. The summed E-state index contributed by atoms with van der Waals surface area (Å²) in [6.45, 7) is 1.34. The van der Waals surface area contributed by atoms with E-state index in [9.17, 15) is 0 Å². The van der Waals surface area contributed by atoms with Gasteiger partial charge in [-0.2, -0.15) is 0 Å². The highest BCUT2D eigenvalue weighted by Gasteiger charge is 2.42. The minimum Gasteiger partial charge on any atom is -0.490 e. The van der Waals surface area contributed by atoms with Crippen molar-refractivity contribution >= 4 is 11.6 Å². The Morgan fingerprint density at radius 3 is 2.90 bits per heavy atom. The molecule has 1 aliphatic heterocycles. The Hall–Kier alpha value is -0.770. The molecule has 1 aliphatic carbocycles. The number of hydrogen-bond donors (Lipinski definition) is 1. The summed E-state index contributed by atoms with van der Waals surface area (Å²) in [6, 6.07) is 5.82. The third-order valence-corrected chi connectivity index (χ3v) is 5.06. The molecule has 3 nitrogen and oxygen atoms in total. The molecule has 116 valence electrons. The Balaban J connectivity index is 1.59. The molecule has 21 heavy (non-hydrogen) atoms. The zero-order valence-electron chi connectivity index (χ0n) is 12.7. The summed E-state index contributed by atoms with van der Waals surface area (Å²) < 4.78 is 12.3. The molecule has 1 aromatic carbocycles. The summed E-state index contributed by atoms with van der Waals surface area (Å²) in [5.74, 6) is 0.868. The van der Waals surface area contributed by atoms with Crippen molar-refractivity contribution in [1.29, 1.82) is 0 Å². The van der Waals surface area contributed by atoms with E-state index in [-0.39, 0.29) is 11.7 Å². The molecule has 2 aliphatic rings. The van der Waals surface area contributed by atoms with E-state index in [1.807, 2.05) is 25.2 Å². The van der Waals surface area contributed by atoms with Gasteiger partial charge in [0.05, 0.1) is 11.7 Å².